The fourth-order valence-electron chi connectivity index (χ4n) is 1.79. The molecule has 0 spiro atoms. The van der Waals surface area contributed by atoms with E-state index in [1.54, 1.807) is 17.5 Å². The molecule has 0 aliphatic carbocycles. The number of nitrogens with zero attached hydrogens (tertiary/aromatic N) is 2. The van der Waals surface area contributed by atoms with Crippen molar-refractivity contribution in [2.45, 2.75) is 13.1 Å². The van der Waals surface area contributed by atoms with E-state index < -0.39 is 0 Å². The van der Waals surface area contributed by atoms with Gasteiger partial charge in [0.05, 0.1) is 4.34 Å². The number of aromatic nitrogens is 1. The minimum absolute atomic E-state index is 0.859. The fourth-order valence-corrected chi connectivity index (χ4v) is 2.96. The summed E-state index contributed by atoms with van der Waals surface area (Å²) < 4.78 is 0.859. The van der Waals surface area contributed by atoms with Gasteiger partial charge in [-0.1, -0.05) is 17.7 Å². The Morgan fingerprint density at radius 3 is 2.95 bits per heavy atom. The van der Waals surface area contributed by atoms with Gasteiger partial charge in [0.1, 0.15) is 0 Å². The first kappa shape index (κ1) is 14.5. The third-order valence-corrected chi connectivity index (χ3v) is 3.99. The summed E-state index contributed by atoms with van der Waals surface area (Å²) in [6.07, 6.45) is 3.69. The van der Waals surface area contributed by atoms with E-state index in [0.717, 1.165) is 30.5 Å². The molecule has 0 aliphatic heterocycles. The minimum atomic E-state index is 0.859. The first-order chi connectivity index (χ1) is 9.24. The van der Waals surface area contributed by atoms with Gasteiger partial charge in [-0.05, 0) is 30.8 Å². The maximum atomic E-state index is 5.92. The second-order valence-electron chi connectivity index (χ2n) is 4.48. The second-order valence-corrected chi connectivity index (χ2v) is 6.28. The average Bonchev–Trinajstić information content (AvgIpc) is 2.81. The summed E-state index contributed by atoms with van der Waals surface area (Å²) >= 11 is 7.57. The maximum absolute atomic E-state index is 5.92. The predicted molar refractivity (Wildman–Crippen MR) is 81.6 cm³/mol. The van der Waals surface area contributed by atoms with Gasteiger partial charge in [0.2, 0.25) is 0 Å². The number of rotatable bonds is 7. The second kappa shape index (κ2) is 7.60. The Morgan fingerprint density at radius 1 is 1.37 bits per heavy atom. The van der Waals surface area contributed by atoms with Gasteiger partial charge < -0.3 is 10.2 Å². The third-order valence-electron chi connectivity index (χ3n) is 2.78. The molecule has 102 valence electrons. The number of thiophene rings is 1. The summed E-state index contributed by atoms with van der Waals surface area (Å²) in [5.74, 6) is 0. The van der Waals surface area contributed by atoms with E-state index in [1.807, 2.05) is 18.3 Å². The lowest BCUT2D eigenvalue weighted by Crippen LogP contribution is -2.28. The molecule has 0 radical (unpaired) electrons. The highest BCUT2D eigenvalue weighted by molar-refractivity contribution is 7.16. The van der Waals surface area contributed by atoms with Crippen molar-refractivity contribution in [1.82, 2.24) is 15.2 Å². The van der Waals surface area contributed by atoms with Crippen LogP contribution in [0.5, 0.6) is 0 Å². The van der Waals surface area contributed by atoms with Gasteiger partial charge in [-0.25, -0.2) is 0 Å². The van der Waals surface area contributed by atoms with Crippen LogP contribution in [0.4, 0.5) is 0 Å². The number of pyridine rings is 1. The quantitative estimate of drug-likeness (QED) is 0.796. The van der Waals surface area contributed by atoms with E-state index in [2.05, 4.69) is 34.4 Å². The van der Waals surface area contributed by atoms with Crippen LogP contribution >= 0.6 is 22.9 Å². The molecule has 2 aromatic rings. The average molecular weight is 296 g/mol. The molecule has 0 aliphatic rings. The molecule has 5 heteroatoms. The molecule has 1 N–H and O–H groups in total. The Kier molecular flexibility index (Phi) is 5.79. The minimum Gasteiger partial charge on any atom is -0.311 e. The zero-order valence-corrected chi connectivity index (χ0v) is 12.5. The molecule has 2 rings (SSSR count). The Morgan fingerprint density at radius 2 is 2.26 bits per heavy atom. The number of likely N-dealkylation sites (N-methyl/N-ethyl adjacent to an activating group) is 1. The monoisotopic (exact) mass is 295 g/mol. The smallest absolute Gasteiger partial charge is 0.0931 e. The molecule has 0 amide bonds. The van der Waals surface area contributed by atoms with Crippen LogP contribution in [0.25, 0.3) is 0 Å². The van der Waals surface area contributed by atoms with E-state index >= 15 is 0 Å². The standard InChI is InChI=1S/C14H18ClN3S/c1-18(11-13-4-5-14(15)19-13)8-7-17-10-12-3-2-6-16-9-12/h2-6,9,17H,7-8,10-11H2,1H3. The van der Waals surface area contributed by atoms with Crippen LogP contribution in [-0.4, -0.2) is 30.0 Å². The van der Waals surface area contributed by atoms with Crippen LogP contribution in [0.1, 0.15) is 10.4 Å². The van der Waals surface area contributed by atoms with Crippen molar-refractivity contribution in [3.05, 3.63) is 51.4 Å². The predicted octanol–water partition coefficient (Wildman–Crippen LogP) is 3.02. The number of hydrogen-bond acceptors (Lipinski definition) is 4. The molecule has 0 aromatic carbocycles. The maximum Gasteiger partial charge on any atom is 0.0931 e. The molecule has 0 bridgehead atoms. The van der Waals surface area contributed by atoms with Gasteiger partial charge >= 0.3 is 0 Å². The first-order valence-corrected chi connectivity index (χ1v) is 7.46. The summed E-state index contributed by atoms with van der Waals surface area (Å²) in [7, 11) is 2.12. The Bertz CT molecular complexity index is 486. The molecule has 3 nitrogen and oxygen atoms in total. The zero-order valence-electron chi connectivity index (χ0n) is 11.0. The van der Waals surface area contributed by atoms with E-state index in [9.17, 15) is 0 Å². The van der Waals surface area contributed by atoms with Crippen molar-refractivity contribution in [1.29, 1.82) is 0 Å². The highest BCUT2D eigenvalue weighted by atomic mass is 35.5. The molecule has 0 unspecified atom stereocenters. The third kappa shape index (κ3) is 5.28. The summed E-state index contributed by atoms with van der Waals surface area (Å²) in [4.78, 5) is 7.69. The Balaban J connectivity index is 1.63. The van der Waals surface area contributed by atoms with Gasteiger partial charge in [0.25, 0.3) is 0 Å². The highest BCUT2D eigenvalue weighted by Gasteiger charge is 2.02. The number of halogens is 1. The van der Waals surface area contributed by atoms with Crippen molar-refractivity contribution in [2.24, 2.45) is 0 Å². The first-order valence-electron chi connectivity index (χ1n) is 6.26. The molecule has 2 heterocycles. The topological polar surface area (TPSA) is 28.2 Å². The Labute approximate surface area is 123 Å². The lowest BCUT2D eigenvalue weighted by molar-refractivity contribution is 0.327. The molecule has 0 saturated carbocycles. The van der Waals surface area contributed by atoms with Gasteiger partial charge in [-0.15, -0.1) is 11.3 Å². The molecule has 19 heavy (non-hydrogen) atoms. The Hall–Kier alpha value is -0.940. The van der Waals surface area contributed by atoms with Crippen LogP contribution in [0, 0.1) is 0 Å². The molecule has 0 atom stereocenters. The largest absolute Gasteiger partial charge is 0.311 e. The van der Waals surface area contributed by atoms with Gasteiger partial charge in [-0.2, -0.15) is 0 Å². The van der Waals surface area contributed by atoms with Crippen molar-refractivity contribution in [3.63, 3.8) is 0 Å². The van der Waals surface area contributed by atoms with Gasteiger partial charge in [0, 0.05) is 43.4 Å². The number of nitrogens with one attached hydrogen (secondary N) is 1. The van der Waals surface area contributed by atoms with Crippen LogP contribution in [0.15, 0.2) is 36.7 Å². The van der Waals surface area contributed by atoms with Crippen molar-refractivity contribution in [2.75, 3.05) is 20.1 Å². The molecular formula is C14H18ClN3S. The SMILES string of the molecule is CN(CCNCc1cccnc1)Cc1ccc(Cl)s1. The highest BCUT2D eigenvalue weighted by Crippen LogP contribution is 2.22. The summed E-state index contributed by atoms with van der Waals surface area (Å²) in [5, 5.41) is 3.42. The van der Waals surface area contributed by atoms with Crippen LogP contribution in [0.2, 0.25) is 4.34 Å². The van der Waals surface area contributed by atoms with Crippen molar-refractivity contribution < 1.29 is 0 Å². The van der Waals surface area contributed by atoms with Crippen LogP contribution in [0.3, 0.4) is 0 Å². The summed E-state index contributed by atoms with van der Waals surface area (Å²) in [5.41, 5.74) is 1.22. The zero-order chi connectivity index (χ0) is 13.5. The molecule has 0 saturated heterocycles. The lowest BCUT2D eigenvalue weighted by atomic mass is 10.3. The number of hydrogen-bond donors (Lipinski definition) is 1. The summed E-state index contributed by atoms with van der Waals surface area (Å²) in [6.45, 7) is 3.79. The van der Waals surface area contributed by atoms with Gasteiger partial charge in [-0.3, -0.25) is 4.98 Å². The van der Waals surface area contributed by atoms with Crippen molar-refractivity contribution in [3.8, 4) is 0 Å². The van der Waals surface area contributed by atoms with E-state index in [-0.39, 0.29) is 0 Å². The van der Waals surface area contributed by atoms with Crippen LogP contribution in [-0.2, 0) is 13.1 Å². The van der Waals surface area contributed by atoms with E-state index in [4.69, 9.17) is 11.6 Å². The molecule has 2 aromatic heterocycles. The normalized spacial score (nSPS) is 11.1. The van der Waals surface area contributed by atoms with Gasteiger partial charge in [0.15, 0.2) is 0 Å². The summed E-state index contributed by atoms with van der Waals surface area (Å²) in [6, 6.07) is 8.09. The van der Waals surface area contributed by atoms with Crippen LogP contribution < -0.4 is 5.32 Å². The van der Waals surface area contributed by atoms with E-state index in [0.29, 0.717) is 0 Å². The molecular weight excluding hydrogens is 278 g/mol. The fraction of sp³-hybridized carbons (Fsp3) is 0.357. The lowest BCUT2D eigenvalue weighted by Gasteiger charge is -2.15. The van der Waals surface area contributed by atoms with Crippen molar-refractivity contribution >= 4 is 22.9 Å². The van der Waals surface area contributed by atoms with E-state index in [1.165, 1.54) is 10.4 Å². The molecule has 0 fully saturated rings.